The summed E-state index contributed by atoms with van der Waals surface area (Å²) >= 11 is 0.399. The first-order chi connectivity index (χ1) is 13.5. The Morgan fingerprint density at radius 1 is 1.17 bits per heavy atom. The van der Waals surface area contributed by atoms with Gasteiger partial charge in [-0.2, -0.15) is 0 Å². The Labute approximate surface area is 173 Å². The fourth-order valence-corrected chi connectivity index (χ4v) is 5.01. The Hall–Kier alpha value is -2.74. The second-order valence-corrected chi connectivity index (χ2v) is 10.0. The average molecular weight is 485 g/mol. The van der Waals surface area contributed by atoms with Crippen LogP contribution < -0.4 is 15.4 Å². The van der Waals surface area contributed by atoms with E-state index < -0.39 is 38.3 Å². The van der Waals surface area contributed by atoms with Gasteiger partial charge < -0.3 is 0 Å². The first kappa shape index (κ1) is 22.5. The molecule has 0 saturated carbocycles. The van der Waals surface area contributed by atoms with Gasteiger partial charge >= 0.3 is 174 Å². The van der Waals surface area contributed by atoms with Crippen molar-refractivity contribution in [3.63, 3.8) is 0 Å². The van der Waals surface area contributed by atoms with E-state index in [2.05, 4.69) is 5.32 Å². The van der Waals surface area contributed by atoms with Crippen LogP contribution in [0.5, 0.6) is 5.75 Å². The van der Waals surface area contributed by atoms with Crippen molar-refractivity contribution in [3.05, 3.63) is 47.0 Å². The first-order valence-electron chi connectivity index (χ1n) is 8.24. The minimum atomic E-state index is -5.43. The first-order valence-corrected chi connectivity index (χ1v) is 11.9. The number of aromatic hydroxyl groups is 1. The van der Waals surface area contributed by atoms with E-state index in [4.69, 9.17) is 21.1 Å². The van der Waals surface area contributed by atoms with Crippen LogP contribution in [-0.4, -0.2) is 41.0 Å². The summed E-state index contributed by atoms with van der Waals surface area (Å²) in [6.45, 7) is 1.17. The van der Waals surface area contributed by atoms with Crippen molar-refractivity contribution in [1.29, 1.82) is 0 Å². The predicted molar refractivity (Wildman–Crippen MR) is 106 cm³/mol. The van der Waals surface area contributed by atoms with Crippen molar-refractivity contribution >= 4 is 59.2 Å². The van der Waals surface area contributed by atoms with E-state index in [0.29, 0.717) is 5.02 Å². The molecule has 5 N–H and O–H groups in total. The van der Waals surface area contributed by atoms with Gasteiger partial charge in [0.2, 0.25) is 0 Å². The number of carbonyl (C=O) groups is 3. The SMILES string of the molecule is CC(=O)Nc1cc(O)ccc1[As](=O)(O)OC(=O)CCC(=O)c1cc(Cl)ccc1N. The van der Waals surface area contributed by atoms with Gasteiger partial charge in [0.05, 0.1) is 0 Å². The molecule has 0 aliphatic rings. The van der Waals surface area contributed by atoms with Gasteiger partial charge in [-0.05, 0) is 0 Å². The number of ketones is 1. The van der Waals surface area contributed by atoms with E-state index in [-0.39, 0.29) is 33.5 Å². The maximum atomic E-state index is 12.6. The summed E-state index contributed by atoms with van der Waals surface area (Å²) in [5.41, 5.74) is 5.88. The molecular formula is C18H18AsClN2O7. The normalized spacial score (nSPS) is 12.7. The van der Waals surface area contributed by atoms with E-state index in [1.54, 1.807) is 0 Å². The second kappa shape index (κ2) is 9.17. The summed E-state index contributed by atoms with van der Waals surface area (Å²) in [6, 6.07) is 7.57. The minimum absolute atomic E-state index is 0.134. The van der Waals surface area contributed by atoms with Crippen LogP contribution in [0.3, 0.4) is 0 Å². The molecule has 2 rings (SSSR count). The van der Waals surface area contributed by atoms with Crippen LogP contribution in [0.2, 0.25) is 5.02 Å². The predicted octanol–water partition coefficient (Wildman–Crippen LogP) is 1.36. The fourth-order valence-electron chi connectivity index (χ4n) is 2.41. The van der Waals surface area contributed by atoms with Gasteiger partial charge in [0.15, 0.2) is 0 Å². The zero-order valence-electron chi connectivity index (χ0n) is 15.2. The Balaban J connectivity index is 2.10. The van der Waals surface area contributed by atoms with Gasteiger partial charge in [-0.15, -0.1) is 0 Å². The fraction of sp³-hybridized carbons (Fsp3) is 0.167. The number of carbonyl (C=O) groups excluding carboxylic acids is 3. The third-order valence-electron chi connectivity index (χ3n) is 3.69. The standard InChI is InChI=1S/C18H18AsClN2O7/c1-10(23)22-16-9-12(24)3-4-14(16)19(27,28)29-18(26)7-6-17(25)13-8-11(20)2-5-15(13)21/h2-5,8-9,24H,6-7,21H2,1H3,(H,22,23)(H,27,28). The molecule has 2 aromatic carbocycles. The van der Waals surface area contributed by atoms with Crippen molar-refractivity contribution < 1.29 is 31.1 Å². The number of amides is 1. The van der Waals surface area contributed by atoms with E-state index in [0.717, 1.165) is 18.2 Å². The molecule has 0 saturated heterocycles. The number of benzene rings is 2. The van der Waals surface area contributed by atoms with Crippen LogP contribution in [0.1, 0.15) is 30.1 Å². The molecule has 0 aliphatic carbocycles. The van der Waals surface area contributed by atoms with Crippen molar-refractivity contribution in [2.75, 3.05) is 11.1 Å². The van der Waals surface area contributed by atoms with E-state index >= 15 is 0 Å². The molecule has 154 valence electrons. The molecule has 0 spiro atoms. The third-order valence-corrected chi connectivity index (χ3v) is 6.97. The monoisotopic (exact) mass is 484 g/mol. The van der Waals surface area contributed by atoms with Crippen LogP contribution in [0.15, 0.2) is 36.4 Å². The van der Waals surface area contributed by atoms with E-state index in [1.165, 1.54) is 25.1 Å². The zero-order valence-corrected chi connectivity index (χ0v) is 17.8. The third kappa shape index (κ3) is 6.12. The summed E-state index contributed by atoms with van der Waals surface area (Å²) in [5.74, 6) is -2.37. The van der Waals surface area contributed by atoms with Crippen molar-refractivity contribution in [2.24, 2.45) is 0 Å². The second-order valence-electron chi connectivity index (χ2n) is 6.02. The maximum absolute atomic E-state index is 12.6. The quantitative estimate of drug-likeness (QED) is 0.261. The van der Waals surface area contributed by atoms with Gasteiger partial charge in [-0.3, -0.25) is 0 Å². The molecule has 1 unspecified atom stereocenters. The van der Waals surface area contributed by atoms with Crippen molar-refractivity contribution in [2.45, 2.75) is 19.8 Å². The molecule has 0 aliphatic heterocycles. The molecule has 1 atom stereocenters. The average Bonchev–Trinajstić information content (AvgIpc) is 2.60. The van der Waals surface area contributed by atoms with Gasteiger partial charge in [0.25, 0.3) is 0 Å². The molecule has 0 aromatic heterocycles. The number of hydrogen-bond donors (Lipinski definition) is 4. The Morgan fingerprint density at radius 3 is 2.52 bits per heavy atom. The van der Waals surface area contributed by atoms with Crippen molar-refractivity contribution in [1.82, 2.24) is 0 Å². The molecule has 11 heteroatoms. The number of hydrogen-bond acceptors (Lipinski definition) is 7. The number of Topliss-reactive ketones (excluding diaryl/α,β-unsaturated/α-hetero) is 1. The van der Waals surface area contributed by atoms with Crippen molar-refractivity contribution in [3.8, 4) is 5.75 Å². The number of nitrogens with two attached hydrogens (primary N) is 1. The number of nitrogens with one attached hydrogen (secondary N) is 1. The Bertz CT molecular complexity index is 1030. The molecule has 0 fully saturated rings. The van der Waals surface area contributed by atoms with Crippen LogP contribution in [0.4, 0.5) is 11.4 Å². The summed E-state index contributed by atoms with van der Waals surface area (Å²) in [7, 11) is 0. The van der Waals surface area contributed by atoms with Gasteiger partial charge in [0, 0.05) is 0 Å². The van der Waals surface area contributed by atoms with E-state index in [1.807, 2.05) is 0 Å². The summed E-state index contributed by atoms with van der Waals surface area (Å²) in [4.78, 5) is 35.5. The molecule has 29 heavy (non-hydrogen) atoms. The molecular weight excluding hydrogens is 467 g/mol. The van der Waals surface area contributed by atoms with Crippen LogP contribution >= 0.6 is 11.6 Å². The van der Waals surface area contributed by atoms with Gasteiger partial charge in [-0.1, -0.05) is 0 Å². The van der Waals surface area contributed by atoms with Gasteiger partial charge in [-0.25, -0.2) is 0 Å². The summed E-state index contributed by atoms with van der Waals surface area (Å²) in [6.07, 6.45) is -0.780. The number of phenolic OH excluding ortho intramolecular Hbond substituents is 1. The van der Waals surface area contributed by atoms with Crippen LogP contribution in [-0.2, 0) is 17.1 Å². The molecule has 0 heterocycles. The number of nitrogen functional groups attached to an aromatic ring is 1. The number of rotatable bonds is 7. The summed E-state index contributed by atoms with van der Waals surface area (Å²) in [5, 5.41) is 12.1. The number of anilines is 2. The topological polar surface area (TPSA) is 156 Å². The zero-order chi connectivity index (χ0) is 21.8. The Kier molecular flexibility index (Phi) is 7.13. The van der Waals surface area contributed by atoms with Crippen LogP contribution in [0, 0.1) is 0 Å². The molecule has 0 bridgehead atoms. The molecule has 2 aromatic rings. The number of halogens is 1. The Morgan fingerprint density at radius 2 is 1.86 bits per heavy atom. The molecule has 1 amide bonds. The van der Waals surface area contributed by atoms with Gasteiger partial charge in [0.1, 0.15) is 0 Å². The van der Waals surface area contributed by atoms with Crippen LogP contribution in [0.25, 0.3) is 0 Å². The molecule has 9 nitrogen and oxygen atoms in total. The number of phenols is 1. The van der Waals surface area contributed by atoms with E-state index in [9.17, 15) is 27.3 Å². The summed E-state index contributed by atoms with van der Waals surface area (Å²) < 4.78 is 27.2. The molecule has 0 radical (unpaired) electrons.